The molecule has 2 heteroatoms. The Morgan fingerprint density at radius 1 is 0.373 bits per heavy atom. The largest absolute Gasteiger partial charge is 0.461 e. The molecule has 350 valence electrons. The molecule has 0 aliphatic rings. The van der Waals surface area contributed by atoms with E-state index in [1.165, 1.54) is 124 Å². The first-order chi connectivity index (χ1) is 37.1. The Labute approximate surface area is 438 Å². The zero-order chi connectivity index (χ0) is 49.7. The molecule has 2 aromatic heterocycles. The van der Waals surface area contributed by atoms with Crippen molar-refractivity contribution in [1.82, 2.24) is 0 Å². The van der Waals surface area contributed by atoms with Crippen LogP contribution in [0.15, 0.2) is 254 Å². The molecular weight excluding hydrogens is 925 g/mol. The lowest BCUT2D eigenvalue weighted by Gasteiger charge is -2.20. The number of allylic oxidation sites excluding steroid dienone is 2. The summed E-state index contributed by atoms with van der Waals surface area (Å²) in [6.07, 6.45) is 4.27. The first-order valence-corrected chi connectivity index (χ1v) is 26.6. The van der Waals surface area contributed by atoms with Crippen LogP contribution >= 0.6 is 11.3 Å². The molecule has 0 bridgehead atoms. The fraction of sp³-hybridized carbons (Fsp3) is 0.0137. The van der Waals surface area contributed by atoms with Crippen molar-refractivity contribution in [2.24, 2.45) is 0 Å². The maximum atomic E-state index is 6.75. The van der Waals surface area contributed by atoms with E-state index in [0.717, 1.165) is 39.0 Å². The van der Waals surface area contributed by atoms with Crippen molar-refractivity contribution in [2.45, 2.75) is 6.92 Å². The van der Waals surface area contributed by atoms with Gasteiger partial charge in [-0.3, -0.25) is 0 Å². The van der Waals surface area contributed by atoms with E-state index in [9.17, 15) is 0 Å². The van der Waals surface area contributed by atoms with E-state index in [-0.39, 0.29) is 0 Å². The molecule has 0 fully saturated rings. The summed E-state index contributed by atoms with van der Waals surface area (Å²) in [4.78, 5) is 0. The summed E-state index contributed by atoms with van der Waals surface area (Å²) in [6, 6.07) is 87.2. The summed E-state index contributed by atoms with van der Waals surface area (Å²) in [5, 5.41) is 18.4. The standard InChI is InChI=1S/C73H46OS/c1-3-45(41-65-44(2)74-67-43-48(35-37-53(65)67)71-58-27-10-12-29-60(58)72(61-30-13-11-28-59(61)71)55-33-18-20-46-19-4-5-21-49(46)55)50-38-39-64(52-23-7-6-22-51(50)52)73-62-31-14-8-25-56(62)70(57-26-9-15-32-63(57)73)47-36-40-69-66(42-47)54-24-16-17-34-68(54)75-69/h3-43H,1H2,2H3/b45-41+. The van der Waals surface area contributed by atoms with Crippen molar-refractivity contribution >= 4 is 119 Å². The predicted octanol–water partition coefficient (Wildman–Crippen LogP) is 21.4. The average molecular weight is 971 g/mol. The third-order valence-electron chi connectivity index (χ3n) is 15.8. The molecule has 0 saturated carbocycles. The Morgan fingerprint density at radius 3 is 1.45 bits per heavy atom. The van der Waals surface area contributed by atoms with E-state index in [2.05, 4.69) is 256 Å². The average Bonchev–Trinajstić information content (AvgIpc) is 4.01. The molecule has 0 radical (unpaired) electrons. The second-order valence-corrected chi connectivity index (χ2v) is 20.9. The highest BCUT2D eigenvalue weighted by Gasteiger charge is 2.22. The lowest BCUT2D eigenvalue weighted by molar-refractivity contribution is 0.577. The van der Waals surface area contributed by atoms with Gasteiger partial charge in [-0.1, -0.05) is 219 Å². The second-order valence-electron chi connectivity index (χ2n) is 19.8. The van der Waals surface area contributed by atoms with E-state index in [4.69, 9.17) is 4.42 Å². The lowest BCUT2D eigenvalue weighted by atomic mass is 9.83. The van der Waals surface area contributed by atoms with Gasteiger partial charge in [-0.2, -0.15) is 0 Å². The number of aryl methyl sites for hydroxylation is 1. The van der Waals surface area contributed by atoms with Crippen molar-refractivity contribution in [2.75, 3.05) is 0 Å². The first kappa shape index (κ1) is 43.3. The number of hydrogen-bond donors (Lipinski definition) is 0. The minimum atomic E-state index is 0.858. The van der Waals surface area contributed by atoms with Gasteiger partial charge in [-0.15, -0.1) is 11.3 Å². The molecule has 2 heterocycles. The molecule has 15 rings (SSSR count). The zero-order valence-corrected chi connectivity index (χ0v) is 42.0. The van der Waals surface area contributed by atoms with Crippen LogP contribution in [-0.4, -0.2) is 0 Å². The number of benzene rings is 13. The molecule has 0 amide bonds. The van der Waals surface area contributed by atoms with E-state index in [1.54, 1.807) is 0 Å². The smallest absolute Gasteiger partial charge is 0.135 e. The minimum absolute atomic E-state index is 0.858. The number of rotatable bonds is 7. The summed E-state index contributed by atoms with van der Waals surface area (Å²) in [5.74, 6) is 0.868. The van der Waals surface area contributed by atoms with Gasteiger partial charge in [0.1, 0.15) is 11.3 Å². The quantitative estimate of drug-likeness (QED) is 0.115. The Hall–Kier alpha value is -9.34. The summed E-state index contributed by atoms with van der Waals surface area (Å²) in [6.45, 7) is 6.51. The molecule has 0 aliphatic heterocycles. The Kier molecular flexibility index (Phi) is 9.88. The summed E-state index contributed by atoms with van der Waals surface area (Å²) < 4.78 is 9.39. The van der Waals surface area contributed by atoms with Crippen molar-refractivity contribution in [3.8, 4) is 44.5 Å². The molecule has 13 aromatic carbocycles. The van der Waals surface area contributed by atoms with E-state index in [1.807, 2.05) is 17.4 Å². The SMILES string of the molecule is C=C/C(=C\c1c(C)oc2cc(-c3c4ccccc4c(-c4cccc5ccccc45)c4ccccc34)ccc12)c1ccc(-c2c3ccccc3c(-c3ccc4sc5ccccc5c4c3)c3ccccc23)c2ccccc12. The molecule has 0 atom stereocenters. The van der Waals surface area contributed by atoms with E-state index >= 15 is 0 Å². The van der Waals surface area contributed by atoms with Crippen LogP contribution in [0.3, 0.4) is 0 Å². The Balaban J connectivity index is 0.864. The number of hydrogen-bond acceptors (Lipinski definition) is 2. The monoisotopic (exact) mass is 970 g/mol. The van der Waals surface area contributed by atoms with Crippen LogP contribution in [-0.2, 0) is 0 Å². The van der Waals surface area contributed by atoms with E-state index in [0.29, 0.717) is 0 Å². The fourth-order valence-electron chi connectivity index (χ4n) is 12.5. The maximum absolute atomic E-state index is 6.75. The first-order valence-electron chi connectivity index (χ1n) is 25.8. The molecule has 0 N–H and O–H groups in total. The summed E-state index contributed by atoms with van der Waals surface area (Å²) in [7, 11) is 0. The lowest BCUT2D eigenvalue weighted by Crippen LogP contribution is -1.93. The predicted molar refractivity (Wildman–Crippen MR) is 325 cm³/mol. The zero-order valence-electron chi connectivity index (χ0n) is 41.2. The van der Waals surface area contributed by atoms with Gasteiger partial charge in [0.25, 0.3) is 0 Å². The summed E-state index contributed by atoms with van der Waals surface area (Å²) >= 11 is 1.86. The highest BCUT2D eigenvalue weighted by molar-refractivity contribution is 7.25. The normalized spacial score (nSPS) is 12.2. The number of thiophene rings is 1. The van der Waals surface area contributed by atoms with Crippen molar-refractivity contribution < 1.29 is 4.42 Å². The molecule has 0 aliphatic carbocycles. The van der Waals surface area contributed by atoms with Crippen molar-refractivity contribution in [1.29, 1.82) is 0 Å². The highest BCUT2D eigenvalue weighted by Crippen LogP contribution is 2.49. The van der Waals surface area contributed by atoms with Gasteiger partial charge in [-0.05, 0) is 164 Å². The fourth-order valence-corrected chi connectivity index (χ4v) is 13.6. The summed E-state index contributed by atoms with van der Waals surface area (Å²) in [5.41, 5.74) is 13.9. The van der Waals surface area contributed by atoms with Crippen LogP contribution in [0, 0.1) is 6.92 Å². The maximum Gasteiger partial charge on any atom is 0.135 e. The third-order valence-corrected chi connectivity index (χ3v) is 17.0. The van der Waals surface area contributed by atoms with Crippen LogP contribution in [0.5, 0.6) is 0 Å². The van der Waals surface area contributed by atoms with Crippen molar-refractivity contribution in [3.05, 3.63) is 266 Å². The molecule has 15 aromatic rings. The van der Waals surface area contributed by atoms with Crippen LogP contribution in [0.25, 0.3) is 152 Å². The minimum Gasteiger partial charge on any atom is -0.461 e. The highest BCUT2D eigenvalue weighted by atomic mass is 32.1. The van der Waals surface area contributed by atoms with Crippen molar-refractivity contribution in [3.63, 3.8) is 0 Å². The Bertz CT molecular complexity index is 4800. The van der Waals surface area contributed by atoms with Crippen LogP contribution in [0.1, 0.15) is 16.9 Å². The van der Waals surface area contributed by atoms with Gasteiger partial charge in [0.05, 0.1) is 0 Å². The van der Waals surface area contributed by atoms with Gasteiger partial charge in [-0.25, -0.2) is 0 Å². The molecule has 75 heavy (non-hydrogen) atoms. The van der Waals surface area contributed by atoms with Crippen LogP contribution < -0.4 is 0 Å². The van der Waals surface area contributed by atoms with Gasteiger partial charge in [0.15, 0.2) is 0 Å². The Morgan fingerprint density at radius 2 is 0.840 bits per heavy atom. The molecule has 1 nitrogen and oxygen atoms in total. The molecular formula is C73H46OS. The van der Waals surface area contributed by atoms with E-state index < -0.39 is 0 Å². The molecule has 0 saturated heterocycles. The topological polar surface area (TPSA) is 13.1 Å². The number of fused-ring (bicyclic) bond motifs is 10. The van der Waals surface area contributed by atoms with Gasteiger partial charge < -0.3 is 4.42 Å². The van der Waals surface area contributed by atoms with Gasteiger partial charge in [0, 0.05) is 31.1 Å². The number of furan rings is 1. The second kappa shape index (κ2) is 17.1. The van der Waals surface area contributed by atoms with Crippen LogP contribution in [0.4, 0.5) is 0 Å². The molecule has 0 spiro atoms. The van der Waals surface area contributed by atoms with Crippen LogP contribution in [0.2, 0.25) is 0 Å². The van der Waals surface area contributed by atoms with Gasteiger partial charge >= 0.3 is 0 Å². The molecule has 0 unspecified atom stereocenters. The third kappa shape index (κ3) is 6.70. The van der Waals surface area contributed by atoms with Gasteiger partial charge in [0.2, 0.25) is 0 Å².